The van der Waals surface area contributed by atoms with Crippen LogP contribution in [-0.2, 0) is 18.0 Å². The van der Waals surface area contributed by atoms with Crippen LogP contribution < -0.4 is 15.0 Å². The van der Waals surface area contributed by atoms with Crippen molar-refractivity contribution in [2.24, 2.45) is 11.8 Å². The molecule has 41 heavy (non-hydrogen) atoms. The molecule has 4 heterocycles. The minimum absolute atomic E-state index is 0.154. The number of rotatable bonds is 9. The van der Waals surface area contributed by atoms with Gasteiger partial charge in [-0.1, -0.05) is 18.3 Å². The van der Waals surface area contributed by atoms with Crippen molar-refractivity contribution in [2.75, 3.05) is 43.5 Å². The zero-order valence-corrected chi connectivity index (χ0v) is 24.1. The summed E-state index contributed by atoms with van der Waals surface area (Å²) >= 11 is 1.41. The number of aromatic nitrogens is 3. The second kappa shape index (κ2) is 12.9. The number of hydrogen-bond donors (Lipinski definition) is 2. The highest BCUT2D eigenvalue weighted by Crippen LogP contribution is 2.35. The number of carboxylic acid groups (broad SMARTS) is 1. The van der Waals surface area contributed by atoms with E-state index >= 15 is 0 Å². The van der Waals surface area contributed by atoms with Crippen molar-refractivity contribution in [1.82, 2.24) is 19.9 Å². The van der Waals surface area contributed by atoms with Crippen molar-refractivity contribution in [2.45, 2.75) is 45.8 Å². The van der Waals surface area contributed by atoms with Crippen LogP contribution in [-0.4, -0.2) is 70.1 Å². The molecule has 0 spiro atoms. The molecule has 10 nitrogen and oxygen atoms in total. The maximum atomic E-state index is 13.7. The second-order valence-corrected chi connectivity index (χ2v) is 11.8. The zero-order chi connectivity index (χ0) is 28.9. The predicted octanol–water partition coefficient (Wildman–Crippen LogP) is 4.86. The topological polar surface area (TPSA) is 121 Å². The van der Waals surface area contributed by atoms with Gasteiger partial charge in [-0.25, -0.2) is 19.3 Å². The lowest BCUT2D eigenvalue weighted by Gasteiger charge is -2.30. The summed E-state index contributed by atoms with van der Waals surface area (Å²) in [6.45, 7) is 5.44. The van der Waals surface area contributed by atoms with Crippen LogP contribution in [0.3, 0.4) is 0 Å². The number of hydrogen-bond acceptors (Lipinski definition) is 9. The molecule has 2 aliphatic heterocycles. The highest BCUT2D eigenvalue weighted by molar-refractivity contribution is 7.16. The lowest BCUT2D eigenvalue weighted by molar-refractivity contribution is -0.142. The summed E-state index contributed by atoms with van der Waals surface area (Å²) in [5.41, 5.74) is 2.09. The molecule has 0 bridgehead atoms. The number of alkyl halides is 1. The molecule has 1 unspecified atom stereocenters. The van der Waals surface area contributed by atoms with Gasteiger partial charge in [-0.15, -0.1) is 0 Å². The van der Waals surface area contributed by atoms with Gasteiger partial charge in [0.25, 0.3) is 5.91 Å². The summed E-state index contributed by atoms with van der Waals surface area (Å²) in [4.78, 5) is 43.2. The molecule has 0 radical (unpaired) electrons. The van der Waals surface area contributed by atoms with Crippen LogP contribution in [0.15, 0.2) is 30.6 Å². The smallest absolute Gasteiger partial charge is 0.306 e. The highest BCUT2D eigenvalue weighted by atomic mass is 32.1. The van der Waals surface area contributed by atoms with Crippen molar-refractivity contribution in [3.63, 3.8) is 0 Å². The van der Waals surface area contributed by atoms with Crippen LogP contribution in [0, 0.1) is 11.8 Å². The number of methoxy groups -OCH3 is 1. The van der Waals surface area contributed by atoms with E-state index in [1.54, 1.807) is 18.3 Å². The zero-order valence-electron chi connectivity index (χ0n) is 23.3. The Labute approximate surface area is 242 Å². The van der Waals surface area contributed by atoms with Gasteiger partial charge in [0, 0.05) is 42.2 Å². The fourth-order valence-electron chi connectivity index (χ4n) is 5.52. The summed E-state index contributed by atoms with van der Waals surface area (Å²) in [5.74, 6) is 0.186. The van der Waals surface area contributed by atoms with Crippen LogP contribution in [0.4, 0.5) is 15.3 Å². The molecule has 2 aromatic heterocycles. The number of nitrogens with zero attached hydrogens (tertiary/aromatic N) is 5. The van der Waals surface area contributed by atoms with E-state index in [-0.39, 0.29) is 11.6 Å². The Kier molecular flexibility index (Phi) is 9.09. The van der Waals surface area contributed by atoms with Crippen molar-refractivity contribution in [3.05, 3.63) is 46.7 Å². The third-order valence-corrected chi connectivity index (χ3v) is 8.72. The minimum Gasteiger partial charge on any atom is -0.496 e. The van der Waals surface area contributed by atoms with E-state index in [9.17, 15) is 19.1 Å². The van der Waals surface area contributed by atoms with E-state index in [1.165, 1.54) is 31.1 Å². The molecule has 2 N–H and O–H groups in total. The molecule has 1 aromatic carbocycles. The van der Waals surface area contributed by atoms with Crippen LogP contribution in [0.1, 0.15) is 53.5 Å². The minimum atomic E-state index is -0.767. The molecular weight excluding hydrogens is 547 g/mol. The van der Waals surface area contributed by atoms with Crippen molar-refractivity contribution >= 4 is 34.2 Å². The number of aliphatic carboxylic acids is 1. The Hall–Kier alpha value is -3.64. The van der Waals surface area contributed by atoms with Crippen LogP contribution >= 0.6 is 11.3 Å². The van der Waals surface area contributed by atoms with Crippen molar-refractivity contribution < 1.29 is 23.8 Å². The van der Waals surface area contributed by atoms with Crippen LogP contribution in [0.2, 0.25) is 0 Å². The normalized spacial score (nSPS) is 18.3. The fraction of sp³-hybridized carbons (Fsp3) is 0.483. The number of ether oxygens (including phenoxy) is 1. The number of carbonyl (C=O) groups excluding carboxylic acids is 1. The number of piperidine rings is 2. The molecule has 1 atom stereocenters. The van der Waals surface area contributed by atoms with Gasteiger partial charge in [0.1, 0.15) is 23.9 Å². The molecule has 5 rings (SSSR count). The number of likely N-dealkylation sites (tertiary alicyclic amines) is 1. The molecule has 1 amide bonds. The van der Waals surface area contributed by atoms with Crippen molar-refractivity contribution in [1.29, 1.82) is 0 Å². The van der Waals surface area contributed by atoms with Gasteiger partial charge in [-0.05, 0) is 56.3 Å². The SMILES string of the molecule is COc1ccc(-c2nc(NC(=O)c3cnc(N4CCC(C(=O)O)CC4)cn3)sc2CN2CCCC(C)C2)cc1CF. The summed E-state index contributed by atoms with van der Waals surface area (Å²) < 4.78 is 19.0. The Morgan fingerprint density at radius 2 is 1.98 bits per heavy atom. The number of thiazole rings is 1. The monoisotopic (exact) mass is 582 g/mol. The van der Waals surface area contributed by atoms with Gasteiger partial charge in [-0.3, -0.25) is 19.8 Å². The molecule has 12 heteroatoms. The molecule has 2 aliphatic rings. The first-order chi connectivity index (χ1) is 19.8. The molecule has 218 valence electrons. The Balaban J connectivity index is 1.33. The van der Waals surface area contributed by atoms with E-state index in [0.29, 0.717) is 66.4 Å². The number of nitrogens with one attached hydrogen (secondary N) is 1. The van der Waals surface area contributed by atoms with Gasteiger partial charge >= 0.3 is 5.97 Å². The molecule has 0 aliphatic carbocycles. The summed E-state index contributed by atoms with van der Waals surface area (Å²) in [5, 5.41) is 12.5. The quantitative estimate of drug-likeness (QED) is 0.364. The van der Waals surface area contributed by atoms with E-state index in [2.05, 4.69) is 27.1 Å². The predicted molar refractivity (Wildman–Crippen MR) is 155 cm³/mol. The Morgan fingerprint density at radius 3 is 2.63 bits per heavy atom. The van der Waals surface area contributed by atoms with Crippen molar-refractivity contribution in [3.8, 4) is 17.0 Å². The fourth-order valence-corrected chi connectivity index (χ4v) is 6.54. The third kappa shape index (κ3) is 6.82. The number of benzene rings is 1. The van der Waals surface area contributed by atoms with Gasteiger partial charge in [0.15, 0.2) is 5.13 Å². The molecular formula is C29H35FN6O4S. The lowest BCUT2D eigenvalue weighted by atomic mass is 9.97. The average Bonchev–Trinajstić information content (AvgIpc) is 3.38. The largest absolute Gasteiger partial charge is 0.496 e. The number of carbonyl (C=O) groups is 2. The Morgan fingerprint density at radius 1 is 1.17 bits per heavy atom. The van der Waals surface area contributed by atoms with Gasteiger partial charge in [0.05, 0.1) is 31.1 Å². The maximum absolute atomic E-state index is 13.7. The second-order valence-electron chi connectivity index (χ2n) is 10.7. The van der Waals surface area contributed by atoms with Gasteiger partial charge < -0.3 is 14.7 Å². The lowest BCUT2D eigenvalue weighted by Crippen LogP contribution is -2.36. The summed E-state index contributed by atoms with van der Waals surface area (Å²) in [6.07, 6.45) is 6.42. The first-order valence-corrected chi connectivity index (χ1v) is 14.7. The van der Waals surface area contributed by atoms with E-state index in [1.807, 2.05) is 11.0 Å². The standard InChI is InChI=1S/C29H35FN6O4S/c1-18-4-3-9-35(16-18)17-24-26(20-5-6-23(40-2)21(12-20)13-30)33-29(41-24)34-27(37)22-14-32-25(15-31-22)36-10-7-19(8-11-36)28(38)39/h5-6,12,14-15,18-19H,3-4,7-11,13,16-17H2,1-2H3,(H,38,39)(H,33,34,37). The molecule has 0 saturated carbocycles. The molecule has 2 saturated heterocycles. The summed E-state index contributed by atoms with van der Waals surface area (Å²) in [6, 6.07) is 5.37. The van der Waals surface area contributed by atoms with Gasteiger partial charge in [0.2, 0.25) is 0 Å². The Bertz CT molecular complexity index is 1380. The maximum Gasteiger partial charge on any atom is 0.306 e. The number of amides is 1. The first-order valence-electron chi connectivity index (χ1n) is 13.9. The number of anilines is 2. The average molecular weight is 583 g/mol. The van der Waals surface area contributed by atoms with Gasteiger partial charge in [-0.2, -0.15) is 0 Å². The van der Waals surface area contributed by atoms with E-state index in [4.69, 9.17) is 9.72 Å². The number of halogens is 1. The summed E-state index contributed by atoms with van der Waals surface area (Å²) in [7, 11) is 1.52. The van der Waals surface area contributed by atoms with Crippen LogP contribution in [0.25, 0.3) is 11.3 Å². The van der Waals surface area contributed by atoms with Crippen LogP contribution in [0.5, 0.6) is 5.75 Å². The molecule has 2 fully saturated rings. The first kappa shape index (κ1) is 28.9. The number of carboxylic acids is 1. The highest BCUT2D eigenvalue weighted by Gasteiger charge is 2.26. The van der Waals surface area contributed by atoms with E-state index < -0.39 is 18.6 Å². The molecule has 3 aromatic rings. The third-order valence-electron chi connectivity index (χ3n) is 7.76. The van der Waals surface area contributed by atoms with E-state index in [0.717, 1.165) is 30.0 Å².